The van der Waals surface area contributed by atoms with E-state index in [1.165, 1.54) is 11.1 Å². The summed E-state index contributed by atoms with van der Waals surface area (Å²) < 4.78 is 6.23. The number of carboxylic acids is 1. The smallest absolute Gasteiger partial charge is 0.317 e. The number of fused-ring (bicyclic) bond motifs is 1. The Kier molecular flexibility index (Phi) is 3.05. The molecule has 1 saturated heterocycles. The van der Waals surface area contributed by atoms with Gasteiger partial charge in [0.2, 0.25) is 0 Å². The zero-order chi connectivity index (χ0) is 14.3. The number of aliphatic carboxylic acids is 1. The van der Waals surface area contributed by atoms with Gasteiger partial charge in [-0.3, -0.25) is 9.69 Å². The van der Waals surface area contributed by atoms with Crippen LogP contribution in [0.4, 0.5) is 0 Å². The number of benzene rings is 1. The highest BCUT2D eigenvalue weighted by molar-refractivity contribution is 5.69. The lowest BCUT2D eigenvalue weighted by Gasteiger charge is -2.32. The van der Waals surface area contributed by atoms with Gasteiger partial charge in [-0.25, -0.2) is 0 Å². The highest BCUT2D eigenvalue weighted by Crippen LogP contribution is 2.38. The van der Waals surface area contributed by atoms with Crippen LogP contribution in [0.25, 0.3) is 6.08 Å². The van der Waals surface area contributed by atoms with E-state index in [0.717, 1.165) is 24.3 Å². The van der Waals surface area contributed by atoms with E-state index in [0.29, 0.717) is 6.54 Å². The number of likely N-dealkylation sites (tertiary alicyclic amines) is 1. The lowest BCUT2D eigenvalue weighted by Crippen LogP contribution is -2.40. The van der Waals surface area contributed by atoms with E-state index < -0.39 is 5.97 Å². The maximum atomic E-state index is 10.8. The second-order valence-corrected chi connectivity index (χ2v) is 5.85. The van der Waals surface area contributed by atoms with E-state index in [2.05, 4.69) is 38.1 Å². The van der Waals surface area contributed by atoms with Crippen molar-refractivity contribution in [1.82, 2.24) is 4.90 Å². The van der Waals surface area contributed by atoms with Crippen molar-refractivity contribution < 1.29 is 14.6 Å². The van der Waals surface area contributed by atoms with E-state index in [1.807, 2.05) is 4.90 Å². The number of hydrogen-bond donors (Lipinski definition) is 1. The fourth-order valence-corrected chi connectivity index (χ4v) is 3.16. The molecule has 0 aromatic heterocycles. The first kappa shape index (κ1) is 13.2. The number of nitrogens with zero attached hydrogens (tertiary/aromatic N) is 1. The Labute approximate surface area is 118 Å². The van der Waals surface area contributed by atoms with Gasteiger partial charge in [0.25, 0.3) is 0 Å². The van der Waals surface area contributed by atoms with Crippen LogP contribution in [0.1, 0.15) is 23.1 Å². The predicted molar refractivity (Wildman–Crippen MR) is 77.0 cm³/mol. The molecule has 1 spiro atoms. The summed E-state index contributed by atoms with van der Waals surface area (Å²) in [5.41, 5.74) is 3.18. The monoisotopic (exact) mass is 273 g/mol. The van der Waals surface area contributed by atoms with Crippen molar-refractivity contribution in [3.63, 3.8) is 0 Å². The molecule has 1 aromatic carbocycles. The van der Waals surface area contributed by atoms with Crippen molar-refractivity contribution in [3.05, 3.63) is 34.9 Å². The summed E-state index contributed by atoms with van der Waals surface area (Å²) in [5, 5.41) is 8.89. The molecule has 20 heavy (non-hydrogen) atoms. The van der Waals surface area contributed by atoms with Gasteiger partial charge in [-0.1, -0.05) is 12.1 Å². The second kappa shape index (κ2) is 4.63. The van der Waals surface area contributed by atoms with Gasteiger partial charge in [0.1, 0.15) is 11.4 Å². The molecule has 0 radical (unpaired) electrons. The number of carbonyl (C=O) groups is 1. The van der Waals surface area contributed by atoms with Crippen LogP contribution in [-0.2, 0) is 4.79 Å². The standard InChI is InChI=1S/C16H19NO3/c1-11-7-12(2)13-3-4-16(20-14(13)8-11)5-6-17(10-16)9-15(18)19/h3-4,7-8H,5-6,9-10H2,1-2H3,(H,18,19). The van der Waals surface area contributed by atoms with Gasteiger partial charge in [-0.2, -0.15) is 0 Å². The Morgan fingerprint density at radius 3 is 3.00 bits per heavy atom. The molecule has 1 N–H and O–H groups in total. The van der Waals surface area contributed by atoms with Gasteiger partial charge < -0.3 is 9.84 Å². The Morgan fingerprint density at radius 2 is 2.25 bits per heavy atom. The molecule has 0 aliphatic carbocycles. The first-order chi connectivity index (χ1) is 9.47. The van der Waals surface area contributed by atoms with Crippen LogP contribution < -0.4 is 4.74 Å². The van der Waals surface area contributed by atoms with Crippen LogP contribution >= 0.6 is 0 Å². The van der Waals surface area contributed by atoms with Crippen molar-refractivity contribution in [2.75, 3.05) is 19.6 Å². The quantitative estimate of drug-likeness (QED) is 0.898. The minimum atomic E-state index is -0.783. The van der Waals surface area contributed by atoms with E-state index in [4.69, 9.17) is 9.84 Å². The largest absolute Gasteiger partial charge is 0.481 e. The SMILES string of the molecule is Cc1cc(C)c2c(c1)OC1(C=C2)CCN(CC(=O)O)C1. The third-order valence-electron chi connectivity index (χ3n) is 4.06. The zero-order valence-electron chi connectivity index (χ0n) is 11.8. The van der Waals surface area contributed by atoms with Gasteiger partial charge in [0.05, 0.1) is 6.54 Å². The third kappa shape index (κ3) is 2.31. The molecular weight excluding hydrogens is 254 g/mol. The Balaban J connectivity index is 1.85. The van der Waals surface area contributed by atoms with E-state index >= 15 is 0 Å². The maximum Gasteiger partial charge on any atom is 0.317 e. The molecule has 3 rings (SSSR count). The molecular formula is C16H19NO3. The van der Waals surface area contributed by atoms with Gasteiger partial charge in [0.15, 0.2) is 0 Å². The Morgan fingerprint density at radius 1 is 1.45 bits per heavy atom. The minimum Gasteiger partial charge on any atom is -0.481 e. The van der Waals surface area contributed by atoms with Crippen molar-refractivity contribution in [3.8, 4) is 5.75 Å². The molecule has 2 aliphatic heterocycles. The summed E-state index contributed by atoms with van der Waals surface area (Å²) in [4.78, 5) is 12.7. The third-order valence-corrected chi connectivity index (χ3v) is 4.06. The van der Waals surface area contributed by atoms with Gasteiger partial charge in [-0.15, -0.1) is 0 Å². The summed E-state index contributed by atoms with van der Waals surface area (Å²) in [6, 6.07) is 4.21. The molecule has 0 bridgehead atoms. The lowest BCUT2D eigenvalue weighted by molar-refractivity contribution is -0.138. The average Bonchev–Trinajstić information content (AvgIpc) is 2.70. The minimum absolute atomic E-state index is 0.0820. The summed E-state index contributed by atoms with van der Waals surface area (Å²) in [6.45, 7) is 5.63. The number of rotatable bonds is 2. The average molecular weight is 273 g/mol. The van der Waals surface area contributed by atoms with Crippen molar-refractivity contribution in [2.45, 2.75) is 25.9 Å². The van der Waals surface area contributed by atoms with Crippen LogP contribution in [0.5, 0.6) is 5.75 Å². The number of aryl methyl sites for hydroxylation is 2. The van der Waals surface area contributed by atoms with Crippen LogP contribution in [0, 0.1) is 13.8 Å². The molecule has 1 fully saturated rings. The summed E-state index contributed by atoms with van der Waals surface area (Å²) in [5.74, 6) is 0.135. The molecule has 0 saturated carbocycles. The topological polar surface area (TPSA) is 49.8 Å². The summed E-state index contributed by atoms with van der Waals surface area (Å²) in [7, 11) is 0. The highest BCUT2D eigenvalue weighted by atomic mass is 16.5. The first-order valence-corrected chi connectivity index (χ1v) is 6.91. The molecule has 1 aromatic rings. The number of carboxylic acid groups (broad SMARTS) is 1. The number of ether oxygens (including phenoxy) is 1. The second-order valence-electron chi connectivity index (χ2n) is 5.85. The van der Waals surface area contributed by atoms with Crippen molar-refractivity contribution in [2.24, 2.45) is 0 Å². The van der Waals surface area contributed by atoms with E-state index in [9.17, 15) is 4.79 Å². The van der Waals surface area contributed by atoms with Crippen LogP contribution in [0.2, 0.25) is 0 Å². The molecule has 106 valence electrons. The molecule has 4 heteroatoms. The number of hydrogen-bond acceptors (Lipinski definition) is 3. The highest BCUT2D eigenvalue weighted by Gasteiger charge is 2.40. The van der Waals surface area contributed by atoms with Crippen molar-refractivity contribution in [1.29, 1.82) is 0 Å². The molecule has 1 unspecified atom stereocenters. The van der Waals surface area contributed by atoms with Gasteiger partial charge in [-0.05, 0) is 37.1 Å². The normalized spacial score (nSPS) is 24.7. The lowest BCUT2D eigenvalue weighted by atomic mass is 9.94. The zero-order valence-corrected chi connectivity index (χ0v) is 11.8. The molecule has 2 heterocycles. The Hall–Kier alpha value is -1.81. The Bertz CT molecular complexity index is 594. The van der Waals surface area contributed by atoms with Crippen LogP contribution in [0.3, 0.4) is 0 Å². The van der Waals surface area contributed by atoms with Gasteiger partial charge in [0, 0.05) is 25.1 Å². The predicted octanol–water partition coefficient (Wildman–Crippen LogP) is 2.24. The van der Waals surface area contributed by atoms with E-state index in [1.54, 1.807) is 0 Å². The fraction of sp³-hybridized carbons (Fsp3) is 0.438. The van der Waals surface area contributed by atoms with Crippen molar-refractivity contribution >= 4 is 12.0 Å². The molecule has 0 amide bonds. The molecule has 1 atom stereocenters. The van der Waals surface area contributed by atoms with Gasteiger partial charge >= 0.3 is 5.97 Å². The summed E-state index contributed by atoms with van der Waals surface area (Å²) in [6.07, 6.45) is 5.06. The van der Waals surface area contributed by atoms with Crippen LogP contribution in [0.15, 0.2) is 18.2 Å². The maximum absolute atomic E-state index is 10.8. The fourth-order valence-electron chi connectivity index (χ4n) is 3.16. The van der Waals surface area contributed by atoms with E-state index in [-0.39, 0.29) is 12.1 Å². The molecule has 4 nitrogen and oxygen atoms in total. The summed E-state index contributed by atoms with van der Waals surface area (Å²) >= 11 is 0. The van der Waals surface area contributed by atoms with Crippen LogP contribution in [-0.4, -0.2) is 41.2 Å². The molecule has 2 aliphatic rings. The first-order valence-electron chi connectivity index (χ1n) is 6.91.